The summed E-state index contributed by atoms with van der Waals surface area (Å²) in [7, 11) is 0. The van der Waals surface area contributed by atoms with Crippen molar-refractivity contribution in [2.24, 2.45) is 0 Å². The van der Waals surface area contributed by atoms with Gasteiger partial charge in [0, 0.05) is 11.1 Å². The molecule has 0 radical (unpaired) electrons. The molecule has 0 amide bonds. The molecule has 0 atom stereocenters. The molecule has 0 spiro atoms. The van der Waals surface area contributed by atoms with Crippen molar-refractivity contribution in [2.75, 3.05) is 0 Å². The average Bonchev–Trinajstić information content (AvgIpc) is 2.08. The molecule has 0 aliphatic rings. The van der Waals surface area contributed by atoms with E-state index in [1.807, 2.05) is 0 Å². The summed E-state index contributed by atoms with van der Waals surface area (Å²) in [4.78, 5) is 3.95. The fraction of sp³-hybridized carbons (Fsp3) is 0.100. The molecule has 1 heterocycles. The van der Waals surface area contributed by atoms with Crippen molar-refractivity contribution in [2.45, 2.75) is 6.92 Å². The summed E-state index contributed by atoms with van der Waals surface area (Å²) in [5.74, 6) is -1.79. The maximum atomic E-state index is 12.9. The lowest BCUT2D eigenvalue weighted by Gasteiger charge is -2.02. The van der Waals surface area contributed by atoms with Crippen LogP contribution in [0.4, 0.5) is 8.78 Å². The van der Waals surface area contributed by atoms with Crippen LogP contribution in [0.5, 0.6) is 0 Å². The van der Waals surface area contributed by atoms with Gasteiger partial charge in [-0.2, -0.15) is 0 Å². The number of rotatable bonds is 0. The van der Waals surface area contributed by atoms with Crippen LogP contribution in [0.1, 0.15) is 5.69 Å². The van der Waals surface area contributed by atoms with Crippen LogP contribution in [0.3, 0.4) is 0 Å². The highest BCUT2D eigenvalue weighted by Crippen LogP contribution is 2.24. The first-order chi connectivity index (χ1) is 6.58. The molecule has 0 bridgehead atoms. The van der Waals surface area contributed by atoms with Crippen LogP contribution in [-0.4, -0.2) is 4.98 Å². The van der Waals surface area contributed by atoms with Crippen LogP contribution in [0, 0.1) is 18.6 Å². The molecule has 4 heteroatoms. The first-order valence-electron chi connectivity index (χ1n) is 4.00. The third kappa shape index (κ3) is 1.44. The molecule has 72 valence electrons. The quantitative estimate of drug-likeness (QED) is 0.611. The molecule has 1 aromatic heterocycles. The molecule has 0 unspecified atom stereocenters. The molecular weight excluding hydrogens is 208 g/mol. The molecule has 1 aromatic carbocycles. The summed E-state index contributed by atoms with van der Waals surface area (Å²) in [6.45, 7) is 1.74. The van der Waals surface area contributed by atoms with E-state index in [-0.39, 0.29) is 5.15 Å². The minimum Gasteiger partial charge on any atom is -0.241 e. The van der Waals surface area contributed by atoms with Crippen LogP contribution in [0.15, 0.2) is 18.2 Å². The maximum absolute atomic E-state index is 12.9. The minimum atomic E-state index is -0.912. The van der Waals surface area contributed by atoms with Crippen molar-refractivity contribution >= 4 is 22.4 Å². The van der Waals surface area contributed by atoms with Gasteiger partial charge in [-0.25, -0.2) is 13.8 Å². The number of halogens is 3. The number of fused-ring (bicyclic) bond motifs is 1. The van der Waals surface area contributed by atoms with E-state index in [9.17, 15) is 8.78 Å². The molecule has 0 saturated heterocycles. The van der Waals surface area contributed by atoms with Crippen molar-refractivity contribution in [1.82, 2.24) is 4.98 Å². The van der Waals surface area contributed by atoms with Gasteiger partial charge in [0.1, 0.15) is 5.15 Å². The summed E-state index contributed by atoms with van der Waals surface area (Å²) in [5.41, 5.74) is 0.675. The summed E-state index contributed by atoms with van der Waals surface area (Å²) in [6.07, 6.45) is 0. The van der Waals surface area contributed by atoms with E-state index in [0.29, 0.717) is 16.5 Å². The molecule has 1 nitrogen and oxygen atoms in total. The topological polar surface area (TPSA) is 12.9 Å². The molecule has 0 saturated carbocycles. The molecule has 2 rings (SSSR count). The maximum Gasteiger partial charge on any atom is 0.159 e. The highest BCUT2D eigenvalue weighted by Gasteiger charge is 2.07. The third-order valence-corrected chi connectivity index (χ3v) is 2.24. The Morgan fingerprint density at radius 1 is 1.14 bits per heavy atom. The minimum absolute atomic E-state index is 0.193. The fourth-order valence-corrected chi connectivity index (χ4v) is 1.63. The zero-order chi connectivity index (χ0) is 10.3. The van der Waals surface area contributed by atoms with E-state index in [1.54, 1.807) is 13.0 Å². The van der Waals surface area contributed by atoms with Crippen LogP contribution in [-0.2, 0) is 0 Å². The second-order valence-electron chi connectivity index (χ2n) is 3.04. The van der Waals surface area contributed by atoms with Gasteiger partial charge in [0.25, 0.3) is 0 Å². The predicted molar refractivity (Wildman–Crippen MR) is 51.4 cm³/mol. The molecule has 2 aromatic rings. The van der Waals surface area contributed by atoms with Gasteiger partial charge in [-0.15, -0.1) is 0 Å². The van der Waals surface area contributed by atoms with E-state index in [1.165, 1.54) is 0 Å². The Hall–Kier alpha value is -1.22. The van der Waals surface area contributed by atoms with Crippen molar-refractivity contribution in [1.29, 1.82) is 0 Å². The Kier molecular flexibility index (Phi) is 2.11. The SMILES string of the molecule is Cc1cc2cc(F)c(F)cc2c(Cl)n1. The molecular formula is C10H6ClF2N. The van der Waals surface area contributed by atoms with E-state index >= 15 is 0 Å². The average molecular weight is 214 g/mol. The molecule has 0 aliphatic carbocycles. The first kappa shape index (κ1) is 9.34. The standard InChI is InChI=1S/C10H6ClF2N/c1-5-2-6-3-8(12)9(13)4-7(6)10(11)14-5/h2-4H,1H3. The van der Waals surface area contributed by atoms with Gasteiger partial charge in [0.2, 0.25) is 0 Å². The van der Waals surface area contributed by atoms with Gasteiger partial charge >= 0.3 is 0 Å². The summed E-state index contributed by atoms with van der Waals surface area (Å²) < 4.78 is 25.7. The van der Waals surface area contributed by atoms with Crippen molar-refractivity contribution < 1.29 is 8.78 Å². The van der Waals surface area contributed by atoms with Crippen LogP contribution in [0.2, 0.25) is 5.15 Å². The van der Waals surface area contributed by atoms with Crippen molar-refractivity contribution in [3.05, 3.63) is 40.7 Å². The number of aryl methyl sites for hydroxylation is 1. The van der Waals surface area contributed by atoms with Gasteiger partial charge < -0.3 is 0 Å². The summed E-state index contributed by atoms with van der Waals surface area (Å²) in [6, 6.07) is 3.83. The Bertz CT molecular complexity index is 511. The normalized spacial score (nSPS) is 10.9. The Balaban J connectivity index is 2.89. The largest absolute Gasteiger partial charge is 0.241 e. The lowest BCUT2D eigenvalue weighted by atomic mass is 10.1. The molecule has 0 fully saturated rings. The Morgan fingerprint density at radius 3 is 2.50 bits per heavy atom. The van der Waals surface area contributed by atoms with Crippen LogP contribution in [0.25, 0.3) is 10.8 Å². The molecule has 0 N–H and O–H groups in total. The van der Waals surface area contributed by atoms with Gasteiger partial charge in [-0.3, -0.25) is 0 Å². The Morgan fingerprint density at radius 2 is 1.79 bits per heavy atom. The van der Waals surface area contributed by atoms with Crippen LogP contribution >= 0.6 is 11.6 Å². The number of hydrogen-bond donors (Lipinski definition) is 0. The van der Waals surface area contributed by atoms with Gasteiger partial charge in [-0.05, 0) is 30.5 Å². The van der Waals surface area contributed by atoms with E-state index in [0.717, 1.165) is 12.1 Å². The lowest BCUT2D eigenvalue weighted by molar-refractivity contribution is 0.511. The number of benzene rings is 1. The number of pyridine rings is 1. The molecule has 14 heavy (non-hydrogen) atoms. The highest BCUT2D eigenvalue weighted by molar-refractivity contribution is 6.34. The smallest absolute Gasteiger partial charge is 0.159 e. The van der Waals surface area contributed by atoms with Gasteiger partial charge in [-0.1, -0.05) is 11.6 Å². The van der Waals surface area contributed by atoms with E-state index in [2.05, 4.69) is 4.98 Å². The number of nitrogens with zero attached hydrogens (tertiary/aromatic N) is 1. The first-order valence-corrected chi connectivity index (χ1v) is 4.37. The zero-order valence-electron chi connectivity index (χ0n) is 7.31. The van der Waals surface area contributed by atoms with E-state index in [4.69, 9.17) is 11.6 Å². The highest BCUT2D eigenvalue weighted by atomic mass is 35.5. The lowest BCUT2D eigenvalue weighted by Crippen LogP contribution is -1.89. The predicted octanol–water partition coefficient (Wildman–Crippen LogP) is 3.47. The summed E-state index contributed by atoms with van der Waals surface area (Å²) >= 11 is 5.79. The van der Waals surface area contributed by atoms with Gasteiger partial charge in [0.15, 0.2) is 11.6 Å². The number of aromatic nitrogens is 1. The van der Waals surface area contributed by atoms with Crippen LogP contribution < -0.4 is 0 Å². The zero-order valence-corrected chi connectivity index (χ0v) is 8.07. The monoisotopic (exact) mass is 213 g/mol. The third-order valence-electron chi connectivity index (χ3n) is 1.95. The fourth-order valence-electron chi connectivity index (χ4n) is 1.33. The summed E-state index contributed by atoms with van der Waals surface area (Å²) in [5, 5.41) is 1.18. The van der Waals surface area contributed by atoms with Crippen molar-refractivity contribution in [3.8, 4) is 0 Å². The van der Waals surface area contributed by atoms with Crippen molar-refractivity contribution in [3.63, 3.8) is 0 Å². The van der Waals surface area contributed by atoms with Gasteiger partial charge in [0.05, 0.1) is 0 Å². The second kappa shape index (κ2) is 3.17. The second-order valence-corrected chi connectivity index (χ2v) is 3.40. The Labute approximate surface area is 84.3 Å². The number of hydrogen-bond acceptors (Lipinski definition) is 1. The van der Waals surface area contributed by atoms with E-state index < -0.39 is 11.6 Å². The molecule has 0 aliphatic heterocycles.